The summed E-state index contributed by atoms with van der Waals surface area (Å²) in [5, 5.41) is 8.79. The van der Waals surface area contributed by atoms with Gasteiger partial charge in [-0.25, -0.2) is 17.6 Å². The van der Waals surface area contributed by atoms with E-state index < -0.39 is 33.9 Å². The maximum Gasteiger partial charge on any atom is 0.343 e. The Morgan fingerprint density at radius 2 is 1.86 bits per heavy atom. The predicted octanol–water partition coefficient (Wildman–Crippen LogP) is 0.729. The van der Waals surface area contributed by atoms with Crippen LogP contribution in [0, 0.1) is 0 Å². The number of likely N-dealkylation sites (tertiary alicyclic amines) is 1. The van der Waals surface area contributed by atoms with Crippen molar-refractivity contribution in [3.63, 3.8) is 0 Å². The first-order valence-corrected chi connectivity index (χ1v) is 8.04. The number of rotatable bonds is 3. The Kier molecular flexibility index (Phi) is 3.75. The highest BCUT2D eigenvalue weighted by Gasteiger charge is 2.46. The molecule has 1 fully saturated rings. The monoisotopic (exact) mass is 315 g/mol. The number of hydrogen-bond acceptors (Lipinski definition) is 4. The van der Waals surface area contributed by atoms with Crippen LogP contribution in [0.3, 0.4) is 0 Å². The average Bonchev–Trinajstić information content (AvgIpc) is 2.81. The number of amides is 1. The third-order valence-corrected chi connectivity index (χ3v) is 4.55. The smallest absolute Gasteiger partial charge is 0.343 e. The number of carboxylic acids is 1. The van der Waals surface area contributed by atoms with E-state index in [1.54, 1.807) is 0 Å². The molecule has 1 aromatic rings. The van der Waals surface area contributed by atoms with E-state index in [1.165, 1.54) is 24.3 Å². The summed E-state index contributed by atoms with van der Waals surface area (Å²) in [6.45, 7) is -0.496. The molecule has 0 saturated carbocycles. The molecule has 1 heterocycles. The number of sulfone groups is 1. The molecule has 0 bridgehead atoms. The van der Waals surface area contributed by atoms with Crippen LogP contribution in [0.4, 0.5) is 4.39 Å². The lowest BCUT2D eigenvalue weighted by atomic mass is 10.1. The fraction of sp³-hybridized carbons (Fsp3) is 0.385. The fourth-order valence-corrected chi connectivity index (χ4v) is 2.78. The number of nitrogens with zero attached hydrogens (tertiary/aromatic N) is 1. The van der Waals surface area contributed by atoms with Gasteiger partial charge in [0.2, 0.25) is 5.67 Å². The van der Waals surface area contributed by atoms with Gasteiger partial charge in [-0.1, -0.05) is 0 Å². The summed E-state index contributed by atoms with van der Waals surface area (Å²) >= 11 is 0. The lowest BCUT2D eigenvalue weighted by Gasteiger charge is -2.17. The largest absolute Gasteiger partial charge is 0.479 e. The predicted molar refractivity (Wildman–Crippen MR) is 71.5 cm³/mol. The lowest BCUT2D eigenvalue weighted by Crippen LogP contribution is -2.38. The molecule has 1 aliphatic rings. The number of hydrogen-bond donors (Lipinski definition) is 1. The Morgan fingerprint density at radius 1 is 1.29 bits per heavy atom. The second-order valence-corrected chi connectivity index (χ2v) is 7.06. The molecular formula is C13H14FNO5S. The highest BCUT2D eigenvalue weighted by atomic mass is 32.2. The van der Waals surface area contributed by atoms with Gasteiger partial charge in [0.1, 0.15) is 0 Å². The molecule has 0 spiro atoms. The zero-order valence-electron chi connectivity index (χ0n) is 11.2. The van der Waals surface area contributed by atoms with Crippen molar-refractivity contribution in [2.75, 3.05) is 19.3 Å². The normalized spacial score (nSPS) is 22.3. The van der Waals surface area contributed by atoms with Crippen molar-refractivity contribution in [3.05, 3.63) is 29.8 Å². The number of alkyl halides is 1. The summed E-state index contributed by atoms with van der Waals surface area (Å²) in [7, 11) is -3.36. The second-order valence-electron chi connectivity index (χ2n) is 5.04. The molecule has 6 nitrogen and oxygen atoms in total. The topological polar surface area (TPSA) is 91.8 Å². The summed E-state index contributed by atoms with van der Waals surface area (Å²) in [5.41, 5.74) is -2.22. The maximum atomic E-state index is 13.9. The lowest BCUT2D eigenvalue weighted by molar-refractivity contribution is -0.149. The highest BCUT2D eigenvalue weighted by Crippen LogP contribution is 2.27. The van der Waals surface area contributed by atoms with Crippen molar-refractivity contribution in [2.45, 2.75) is 17.0 Å². The minimum atomic E-state index is -3.36. The van der Waals surface area contributed by atoms with E-state index in [4.69, 9.17) is 5.11 Å². The molecule has 1 aliphatic heterocycles. The first-order valence-electron chi connectivity index (χ1n) is 6.15. The van der Waals surface area contributed by atoms with E-state index in [0.717, 1.165) is 11.2 Å². The van der Waals surface area contributed by atoms with Crippen LogP contribution in [0.2, 0.25) is 0 Å². The van der Waals surface area contributed by atoms with Gasteiger partial charge in [-0.2, -0.15) is 0 Å². The van der Waals surface area contributed by atoms with Crippen molar-refractivity contribution >= 4 is 21.7 Å². The van der Waals surface area contributed by atoms with E-state index in [9.17, 15) is 22.4 Å². The Hall–Kier alpha value is -1.96. The van der Waals surface area contributed by atoms with Crippen molar-refractivity contribution in [1.82, 2.24) is 4.90 Å². The zero-order chi connectivity index (χ0) is 15.8. The fourth-order valence-electron chi connectivity index (χ4n) is 2.15. The molecular weight excluding hydrogens is 301 g/mol. The summed E-state index contributed by atoms with van der Waals surface area (Å²) in [4.78, 5) is 24.1. The molecule has 114 valence electrons. The Morgan fingerprint density at radius 3 is 2.29 bits per heavy atom. The molecule has 0 radical (unpaired) electrons. The minimum absolute atomic E-state index is 0.00939. The number of carbonyl (C=O) groups excluding carboxylic acids is 1. The van der Waals surface area contributed by atoms with Crippen molar-refractivity contribution in [3.8, 4) is 0 Å². The number of carbonyl (C=O) groups is 2. The molecule has 1 amide bonds. The van der Waals surface area contributed by atoms with E-state index >= 15 is 0 Å². The second kappa shape index (κ2) is 5.10. The Labute approximate surface area is 121 Å². The molecule has 2 rings (SSSR count). The number of benzene rings is 1. The molecule has 1 unspecified atom stereocenters. The van der Waals surface area contributed by atoms with Crippen molar-refractivity contribution in [2.24, 2.45) is 0 Å². The molecule has 1 N–H and O–H groups in total. The van der Waals surface area contributed by atoms with Crippen LogP contribution in [-0.2, 0) is 14.6 Å². The van der Waals surface area contributed by atoms with Crippen LogP contribution in [0.5, 0.6) is 0 Å². The average molecular weight is 315 g/mol. The first kappa shape index (κ1) is 15.4. The number of aliphatic carboxylic acids is 1. The van der Waals surface area contributed by atoms with Crippen LogP contribution >= 0.6 is 0 Å². The number of carboxylic acid groups (broad SMARTS) is 1. The van der Waals surface area contributed by atoms with Crippen LogP contribution in [-0.4, -0.2) is 55.3 Å². The Bertz CT molecular complexity index is 685. The van der Waals surface area contributed by atoms with Gasteiger partial charge < -0.3 is 10.0 Å². The molecule has 1 saturated heterocycles. The van der Waals surface area contributed by atoms with Crippen molar-refractivity contribution in [1.29, 1.82) is 0 Å². The van der Waals surface area contributed by atoms with Gasteiger partial charge in [-0.3, -0.25) is 4.79 Å². The van der Waals surface area contributed by atoms with E-state index in [0.29, 0.717) is 0 Å². The van der Waals surface area contributed by atoms with Gasteiger partial charge in [0.15, 0.2) is 9.84 Å². The summed E-state index contributed by atoms with van der Waals surface area (Å²) in [6.07, 6.45) is 0.796. The van der Waals surface area contributed by atoms with Crippen LogP contribution in [0.25, 0.3) is 0 Å². The van der Waals surface area contributed by atoms with Gasteiger partial charge in [-0.15, -0.1) is 0 Å². The molecule has 0 aliphatic carbocycles. The third kappa shape index (κ3) is 3.05. The summed E-state index contributed by atoms with van der Waals surface area (Å²) in [6, 6.07) is 5.24. The van der Waals surface area contributed by atoms with Gasteiger partial charge >= 0.3 is 5.97 Å². The summed E-state index contributed by atoms with van der Waals surface area (Å²) < 4.78 is 36.5. The minimum Gasteiger partial charge on any atom is -0.479 e. The molecule has 1 aromatic carbocycles. The van der Waals surface area contributed by atoms with Crippen LogP contribution in [0.1, 0.15) is 16.8 Å². The highest BCUT2D eigenvalue weighted by molar-refractivity contribution is 7.90. The number of halogens is 1. The maximum absolute atomic E-state index is 13.9. The van der Waals surface area contributed by atoms with Gasteiger partial charge in [0.25, 0.3) is 5.91 Å². The Balaban J connectivity index is 2.17. The molecule has 0 aromatic heterocycles. The summed E-state index contributed by atoms with van der Waals surface area (Å²) in [5.74, 6) is -2.10. The van der Waals surface area contributed by atoms with Crippen LogP contribution < -0.4 is 0 Å². The third-order valence-electron chi connectivity index (χ3n) is 3.42. The zero-order valence-corrected chi connectivity index (χ0v) is 12.1. The SMILES string of the molecule is CS(=O)(=O)c1ccc(C(=O)N2CCC(F)(C(=O)O)C2)cc1. The van der Waals surface area contributed by atoms with E-state index in [-0.39, 0.29) is 23.4 Å². The molecule has 8 heteroatoms. The molecule has 1 atom stereocenters. The molecule has 21 heavy (non-hydrogen) atoms. The first-order chi connectivity index (χ1) is 9.63. The van der Waals surface area contributed by atoms with E-state index in [2.05, 4.69) is 0 Å². The van der Waals surface area contributed by atoms with Gasteiger partial charge in [0, 0.05) is 24.8 Å². The van der Waals surface area contributed by atoms with Crippen LogP contribution in [0.15, 0.2) is 29.2 Å². The quantitative estimate of drug-likeness (QED) is 0.888. The van der Waals surface area contributed by atoms with Gasteiger partial charge in [0.05, 0.1) is 11.4 Å². The van der Waals surface area contributed by atoms with Crippen molar-refractivity contribution < 1.29 is 27.5 Å². The van der Waals surface area contributed by atoms with Gasteiger partial charge in [-0.05, 0) is 24.3 Å². The standard InChI is InChI=1S/C13H14FNO5S/c1-21(19,20)10-4-2-9(3-5-10)11(16)15-7-6-13(14,8-15)12(17)18/h2-5H,6-8H2,1H3,(H,17,18). The van der Waals surface area contributed by atoms with E-state index in [1.807, 2.05) is 0 Å².